The minimum Gasteiger partial charge on any atom is -0.497 e. The Bertz CT molecular complexity index is 1350. The average Bonchev–Trinajstić information content (AvgIpc) is 3.65. The van der Waals surface area contributed by atoms with Gasteiger partial charge < -0.3 is 30.1 Å². The zero-order valence-electron chi connectivity index (χ0n) is 23.5. The number of rotatable bonds is 9. The van der Waals surface area contributed by atoms with E-state index in [1.54, 1.807) is 7.11 Å². The van der Waals surface area contributed by atoms with Crippen molar-refractivity contribution in [2.45, 2.75) is 89.6 Å². The number of nitrogens with one attached hydrogen (secondary N) is 2. The molecule has 0 atom stereocenters. The van der Waals surface area contributed by atoms with Gasteiger partial charge in [-0.15, -0.1) is 5.10 Å². The molecule has 0 unspecified atom stereocenters. The molecule has 2 heterocycles. The SMILES string of the molecule is COc1ccc(CN(c2cc(NC3CCC(NC(=O)OC(C)(C)C)CC3)nn3c(C(=O)O)cnc23)C2CC2)cc1. The monoisotopic (exact) mass is 550 g/mol. The third kappa shape index (κ3) is 6.57. The van der Waals surface area contributed by atoms with Gasteiger partial charge in [-0.25, -0.2) is 19.1 Å². The zero-order valence-corrected chi connectivity index (χ0v) is 23.5. The summed E-state index contributed by atoms with van der Waals surface area (Å²) < 4.78 is 12.1. The molecular formula is C29H38N6O5. The first-order chi connectivity index (χ1) is 19.1. The van der Waals surface area contributed by atoms with Crippen molar-refractivity contribution >= 4 is 29.2 Å². The number of fused-ring (bicyclic) bond motifs is 1. The summed E-state index contributed by atoms with van der Waals surface area (Å²) in [6, 6.07) is 10.5. The number of amides is 1. The van der Waals surface area contributed by atoms with Crippen LogP contribution in [0.1, 0.15) is 75.3 Å². The number of carbonyl (C=O) groups is 2. The van der Waals surface area contributed by atoms with Crippen LogP contribution in [0.25, 0.3) is 5.65 Å². The molecule has 11 heteroatoms. The molecule has 2 aliphatic carbocycles. The van der Waals surface area contributed by atoms with Crippen LogP contribution >= 0.6 is 0 Å². The molecule has 11 nitrogen and oxygen atoms in total. The first-order valence-electron chi connectivity index (χ1n) is 13.9. The molecule has 0 bridgehead atoms. The third-order valence-corrected chi connectivity index (χ3v) is 7.28. The molecule has 40 heavy (non-hydrogen) atoms. The number of nitrogens with zero attached hydrogens (tertiary/aromatic N) is 4. The van der Waals surface area contributed by atoms with Crippen molar-refractivity contribution in [3.63, 3.8) is 0 Å². The van der Waals surface area contributed by atoms with E-state index in [0.717, 1.165) is 55.5 Å². The summed E-state index contributed by atoms with van der Waals surface area (Å²) in [5.74, 6) is 0.326. The minimum absolute atomic E-state index is 0.0189. The van der Waals surface area contributed by atoms with Gasteiger partial charge in [-0.2, -0.15) is 0 Å². The fourth-order valence-electron chi connectivity index (χ4n) is 5.17. The average molecular weight is 551 g/mol. The van der Waals surface area contributed by atoms with Crippen molar-refractivity contribution in [1.29, 1.82) is 0 Å². The Balaban J connectivity index is 1.35. The summed E-state index contributed by atoms with van der Waals surface area (Å²) in [5, 5.41) is 21.0. The van der Waals surface area contributed by atoms with Gasteiger partial charge in [-0.1, -0.05) is 12.1 Å². The lowest BCUT2D eigenvalue weighted by Gasteiger charge is -2.31. The fourth-order valence-corrected chi connectivity index (χ4v) is 5.17. The summed E-state index contributed by atoms with van der Waals surface area (Å²) in [5.41, 5.74) is 1.98. The van der Waals surface area contributed by atoms with Gasteiger partial charge in [0.15, 0.2) is 11.3 Å². The van der Waals surface area contributed by atoms with Crippen LogP contribution in [-0.4, -0.2) is 62.6 Å². The van der Waals surface area contributed by atoms with Gasteiger partial charge >= 0.3 is 12.1 Å². The Hall–Kier alpha value is -4.02. The quantitative estimate of drug-likeness (QED) is 0.342. The third-order valence-electron chi connectivity index (χ3n) is 7.28. The number of methoxy groups -OCH3 is 1. The molecule has 3 N–H and O–H groups in total. The van der Waals surface area contributed by atoms with E-state index >= 15 is 0 Å². The van der Waals surface area contributed by atoms with Crippen LogP contribution in [-0.2, 0) is 11.3 Å². The van der Waals surface area contributed by atoms with Crippen LogP contribution in [0.15, 0.2) is 36.5 Å². The number of aromatic carboxylic acids is 1. The molecule has 0 spiro atoms. The second kappa shape index (κ2) is 11.2. The number of carboxylic acids is 1. The van der Waals surface area contributed by atoms with Crippen molar-refractivity contribution in [2.24, 2.45) is 0 Å². The second-order valence-electron chi connectivity index (χ2n) is 11.6. The van der Waals surface area contributed by atoms with E-state index in [9.17, 15) is 14.7 Å². The second-order valence-corrected chi connectivity index (χ2v) is 11.6. The Morgan fingerprint density at radius 3 is 2.35 bits per heavy atom. The molecule has 0 radical (unpaired) electrons. The van der Waals surface area contributed by atoms with Crippen molar-refractivity contribution < 1.29 is 24.2 Å². The minimum atomic E-state index is -1.08. The van der Waals surface area contributed by atoms with Crippen LogP contribution in [0.4, 0.5) is 16.3 Å². The van der Waals surface area contributed by atoms with Gasteiger partial charge in [0.1, 0.15) is 17.2 Å². The summed E-state index contributed by atoms with van der Waals surface area (Å²) >= 11 is 0. The van der Waals surface area contributed by atoms with E-state index in [4.69, 9.17) is 9.47 Å². The topological polar surface area (TPSA) is 130 Å². The number of alkyl carbamates (subject to hydrolysis) is 1. The molecule has 0 aliphatic heterocycles. The van der Waals surface area contributed by atoms with Gasteiger partial charge in [-0.05, 0) is 77.0 Å². The summed E-state index contributed by atoms with van der Waals surface area (Å²) in [6.07, 6.45) is 6.39. The molecule has 2 aliphatic rings. The molecule has 2 aromatic heterocycles. The Morgan fingerprint density at radius 2 is 1.75 bits per heavy atom. The molecule has 1 amide bonds. The van der Waals surface area contributed by atoms with E-state index in [1.807, 2.05) is 51.1 Å². The van der Waals surface area contributed by atoms with Crippen molar-refractivity contribution in [3.8, 4) is 5.75 Å². The maximum atomic E-state index is 12.2. The van der Waals surface area contributed by atoms with E-state index in [0.29, 0.717) is 24.1 Å². The number of hydrogen-bond donors (Lipinski definition) is 3. The van der Waals surface area contributed by atoms with Gasteiger partial charge in [0.2, 0.25) is 0 Å². The molecule has 1 aromatic carbocycles. The number of carbonyl (C=O) groups excluding carboxylic acids is 1. The lowest BCUT2D eigenvalue weighted by atomic mass is 9.91. The first-order valence-corrected chi connectivity index (χ1v) is 13.9. The predicted molar refractivity (Wildman–Crippen MR) is 151 cm³/mol. The predicted octanol–water partition coefficient (Wildman–Crippen LogP) is 4.85. The smallest absolute Gasteiger partial charge is 0.407 e. The molecule has 3 aromatic rings. The number of benzene rings is 1. The summed E-state index contributed by atoms with van der Waals surface area (Å²) in [6.45, 7) is 6.21. The highest BCUT2D eigenvalue weighted by Gasteiger charge is 2.32. The van der Waals surface area contributed by atoms with E-state index < -0.39 is 11.6 Å². The summed E-state index contributed by atoms with van der Waals surface area (Å²) in [4.78, 5) is 30.9. The first kappa shape index (κ1) is 27.5. The van der Waals surface area contributed by atoms with Gasteiger partial charge in [0.25, 0.3) is 0 Å². The Kier molecular flexibility index (Phi) is 7.73. The highest BCUT2D eigenvalue weighted by atomic mass is 16.6. The van der Waals surface area contributed by atoms with Crippen molar-refractivity contribution in [2.75, 3.05) is 17.3 Å². The van der Waals surface area contributed by atoms with E-state index in [1.165, 1.54) is 10.7 Å². The van der Waals surface area contributed by atoms with E-state index in [2.05, 4.69) is 25.6 Å². The normalized spacial score (nSPS) is 19.2. The molecule has 5 rings (SSSR count). The van der Waals surface area contributed by atoms with Gasteiger partial charge in [-0.3, -0.25) is 0 Å². The number of ether oxygens (including phenoxy) is 2. The molecule has 214 valence electrons. The van der Waals surface area contributed by atoms with E-state index in [-0.39, 0.29) is 23.9 Å². The molecule has 2 fully saturated rings. The van der Waals surface area contributed by atoms with Crippen LogP contribution in [0.5, 0.6) is 5.75 Å². The van der Waals surface area contributed by atoms with Gasteiger partial charge in [0, 0.05) is 30.7 Å². The zero-order chi connectivity index (χ0) is 28.4. The highest BCUT2D eigenvalue weighted by Crippen LogP contribution is 2.37. The lowest BCUT2D eigenvalue weighted by molar-refractivity contribution is 0.0491. The molecular weight excluding hydrogens is 512 g/mol. The van der Waals surface area contributed by atoms with Gasteiger partial charge in [0.05, 0.1) is 19.0 Å². The molecule has 0 saturated heterocycles. The Labute approximate surface area is 233 Å². The van der Waals surface area contributed by atoms with Crippen LogP contribution in [0.2, 0.25) is 0 Å². The van der Waals surface area contributed by atoms with Crippen molar-refractivity contribution in [1.82, 2.24) is 19.9 Å². The summed E-state index contributed by atoms with van der Waals surface area (Å²) in [7, 11) is 1.65. The lowest BCUT2D eigenvalue weighted by Crippen LogP contribution is -2.42. The maximum absolute atomic E-state index is 12.2. The largest absolute Gasteiger partial charge is 0.497 e. The maximum Gasteiger partial charge on any atom is 0.407 e. The number of carboxylic acid groups (broad SMARTS) is 1. The molecule has 2 saturated carbocycles. The van der Waals surface area contributed by atoms with Crippen molar-refractivity contribution in [3.05, 3.63) is 47.8 Å². The standard InChI is InChI=1S/C29H38N6O5/c1-29(2,3)40-28(38)32-20-9-7-19(8-10-20)31-25-15-23(26-30-16-24(27(36)37)35(26)33-25)34(21-11-12-21)17-18-5-13-22(39-4)14-6-18/h5-6,13-16,19-21H,7-12,17H2,1-4H3,(H,31,33)(H,32,38)(H,36,37). The highest BCUT2D eigenvalue weighted by molar-refractivity contribution is 5.88. The van der Waals surface area contributed by atoms with Crippen LogP contribution in [0.3, 0.4) is 0 Å². The van der Waals surface area contributed by atoms with Crippen LogP contribution in [0, 0.1) is 0 Å². The number of anilines is 2. The van der Waals surface area contributed by atoms with Crippen LogP contribution < -0.4 is 20.3 Å². The number of hydrogen-bond acceptors (Lipinski definition) is 8. The fraction of sp³-hybridized carbons (Fsp3) is 0.517. The Morgan fingerprint density at radius 1 is 1.07 bits per heavy atom. The number of aromatic nitrogens is 3. The number of imidazole rings is 1.